The summed E-state index contributed by atoms with van der Waals surface area (Å²) in [5, 5.41) is 3.06. The molecule has 0 radical (unpaired) electrons. The minimum absolute atomic E-state index is 0.0960. The topological polar surface area (TPSA) is 128 Å². The van der Waals surface area contributed by atoms with E-state index >= 15 is 0 Å². The van der Waals surface area contributed by atoms with Gasteiger partial charge in [0.25, 0.3) is 15.9 Å². The van der Waals surface area contributed by atoms with Gasteiger partial charge >= 0.3 is 0 Å². The SMILES string of the molecule is CCOc1ccc(S(=O)(=O)Nc2ccc(C(N)=O)cc2)cc1NC(=O)c1cccc(Cl)c1. The maximum atomic E-state index is 12.9. The fourth-order valence-electron chi connectivity index (χ4n) is 2.80. The maximum Gasteiger partial charge on any atom is 0.261 e. The Morgan fingerprint density at radius 3 is 2.34 bits per heavy atom. The highest BCUT2D eigenvalue weighted by Crippen LogP contribution is 2.29. The third kappa shape index (κ3) is 5.57. The quantitative estimate of drug-likeness (QED) is 0.457. The van der Waals surface area contributed by atoms with Crippen LogP contribution in [0.1, 0.15) is 27.6 Å². The summed E-state index contributed by atoms with van der Waals surface area (Å²) in [6, 6.07) is 16.1. The number of ether oxygens (including phenoxy) is 1. The first kappa shape index (κ1) is 23.1. The van der Waals surface area contributed by atoms with Crippen molar-refractivity contribution in [3.05, 3.63) is 82.9 Å². The number of anilines is 2. The Kier molecular flexibility index (Phi) is 7.01. The second-order valence-corrected chi connectivity index (χ2v) is 8.72. The number of primary amides is 1. The number of carbonyl (C=O) groups is 2. The maximum absolute atomic E-state index is 12.9. The average molecular weight is 474 g/mol. The predicted molar refractivity (Wildman–Crippen MR) is 123 cm³/mol. The summed E-state index contributed by atoms with van der Waals surface area (Å²) in [7, 11) is -4.00. The first-order valence-electron chi connectivity index (χ1n) is 9.46. The first-order chi connectivity index (χ1) is 15.2. The fourth-order valence-corrected chi connectivity index (χ4v) is 4.07. The van der Waals surface area contributed by atoms with Gasteiger partial charge in [-0.1, -0.05) is 17.7 Å². The number of nitrogens with one attached hydrogen (secondary N) is 2. The molecule has 0 aliphatic carbocycles. The zero-order chi connectivity index (χ0) is 23.3. The van der Waals surface area contributed by atoms with Crippen LogP contribution in [0, 0.1) is 0 Å². The molecule has 0 aliphatic heterocycles. The van der Waals surface area contributed by atoms with Crippen molar-refractivity contribution in [1.29, 1.82) is 0 Å². The standard InChI is InChI=1S/C22H20ClN3O5S/c1-2-31-20-11-10-18(13-19(20)25-22(28)15-4-3-5-16(23)12-15)32(29,30)26-17-8-6-14(7-9-17)21(24)27/h3-13,26H,2H2,1H3,(H2,24,27)(H,25,28). The second-order valence-electron chi connectivity index (χ2n) is 6.60. The molecule has 8 nitrogen and oxygen atoms in total. The molecule has 0 fully saturated rings. The van der Waals surface area contributed by atoms with Crippen LogP contribution in [0.15, 0.2) is 71.6 Å². The van der Waals surface area contributed by atoms with Gasteiger partial charge in [-0.15, -0.1) is 0 Å². The Balaban J connectivity index is 1.89. The van der Waals surface area contributed by atoms with Crippen LogP contribution >= 0.6 is 11.6 Å². The van der Waals surface area contributed by atoms with E-state index in [-0.39, 0.29) is 21.8 Å². The van der Waals surface area contributed by atoms with Crippen LogP contribution in [0.3, 0.4) is 0 Å². The first-order valence-corrected chi connectivity index (χ1v) is 11.3. The van der Waals surface area contributed by atoms with Gasteiger partial charge in [0.05, 0.1) is 17.2 Å². The van der Waals surface area contributed by atoms with E-state index in [0.717, 1.165) is 0 Å². The van der Waals surface area contributed by atoms with E-state index in [4.69, 9.17) is 22.1 Å². The summed E-state index contributed by atoms with van der Waals surface area (Å²) >= 11 is 5.94. The van der Waals surface area contributed by atoms with Gasteiger partial charge in [0.2, 0.25) is 5.91 Å². The molecule has 0 aromatic heterocycles. The van der Waals surface area contributed by atoms with Crippen LogP contribution in [-0.4, -0.2) is 26.8 Å². The Bertz CT molecular complexity index is 1260. The molecule has 0 atom stereocenters. The molecule has 3 rings (SSSR count). The highest BCUT2D eigenvalue weighted by Gasteiger charge is 2.19. The average Bonchev–Trinajstić information content (AvgIpc) is 2.75. The Morgan fingerprint density at radius 2 is 1.72 bits per heavy atom. The van der Waals surface area contributed by atoms with Crippen molar-refractivity contribution in [3.8, 4) is 5.75 Å². The van der Waals surface area contributed by atoms with E-state index in [1.807, 2.05) is 0 Å². The van der Waals surface area contributed by atoms with Gasteiger partial charge in [-0.3, -0.25) is 14.3 Å². The molecule has 0 heterocycles. The molecule has 0 saturated heterocycles. The number of sulfonamides is 1. The van der Waals surface area contributed by atoms with Crippen molar-refractivity contribution in [1.82, 2.24) is 0 Å². The van der Waals surface area contributed by atoms with E-state index in [2.05, 4.69) is 10.0 Å². The molecule has 2 amide bonds. The van der Waals surface area contributed by atoms with Crippen molar-refractivity contribution < 1.29 is 22.7 Å². The molecule has 32 heavy (non-hydrogen) atoms. The van der Waals surface area contributed by atoms with E-state index < -0.39 is 21.8 Å². The number of hydrogen-bond donors (Lipinski definition) is 3. The molecule has 4 N–H and O–H groups in total. The van der Waals surface area contributed by atoms with Crippen LogP contribution in [-0.2, 0) is 10.0 Å². The minimum atomic E-state index is -4.00. The van der Waals surface area contributed by atoms with Gasteiger partial charge in [0.15, 0.2) is 0 Å². The van der Waals surface area contributed by atoms with Gasteiger partial charge < -0.3 is 15.8 Å². The molecular formula is C22H20ClN3O5S. The number of rotatable bonds is 8. The lowest BCUT2D eigenvalue weighted by molar-refractivity contribution is 0.0997. The third-order valence-electron chi connectivity index (χ3n) is 4.32. The smallest absolute Gasteiger partial charge is 0.261 e. The third-order valence-corrected chi connectivity index (χ3v) is 5.93. The van der Waals surface area contributed by atoms with E-state index in [1.54, 1.807) is 25.1 Å². The Hall–Kier alpha value is -3.56. The number of benzene rings is 3. The highest BCUT2D eigenvalue weighted by atomic mass is 35.5. The Labute approximate surface area is 190 Å². The molecule has 166 valence electrons. The summed E-state index contributed by atoms with van der Waals surface area (Å²) in [6.45, 7) is 2.08. The number of nitrogens with two attached hydrogens (primary N) is 1. The summed E-state index contributed by atoms with van der Waals surface area (Å²) in [4.78, 5) is 23.7. The van der Waals surface area contributed by atoms with Gasteiger partial charge in [-0.2, -0.15) is 0 Å². The van der Waals surface area contributed by atoms with Gasteiger partial charge in [-0.05, 0) is 67.6 Å². The molecule has 3 aromatic rings. The monoisotopic (exact) mass is 473 g/mol. The second kappa shape index (κ2) is 9.71. The molecular weight excluding hydrogens is 454 g/mol. The zero-order valence-corrected chi connectivity index (χ0v) is 18.5. The Morgan fingerprint density at radius 1 is 1.00 bits per heavy atom. The lowest BCUT2D eigenvalue weighted by atomic mass is 10.2. The van der Waals surface area contributed by atoms with Gasteiger partial charge in [-0.25, -0.2) is 8.42 Å². The highest BCUT2D eigenvalue weighted by molar-refractivity contribution is 7.92. The zero-order valence-electron chi connectivity index (χ0n) is 17.0. The molecule has 0 unspecified atom stereocenters. The van der Waals surface area contributed by atoms with E-state index in [1.165, 1.54) is 48.5 Å². The van der Waals surface area contributed by atoms with Crippen molar-refractivity contribution in [2.45, 2.75) is 11.8 Å². The van der Waals surface area contributed by atoms with Crippen LogP contribution in [0.4, 0.5) is 11.4 Å². The van der Waals surface area contributed by atoms with Crippen LogP contribution in [0.2, 0.25) is 5.02 Å². The largest absolute Gasteiger partial charge is 0.492 e. The minimum Gasteiger partial charge on any atom is -0.492 e. The molecule has 0 aliphatic rings. The van der Waals surface area contributed by atoms with E-state index in [0.29, 0.717) is 22.9 Å². The summed E-state index contributed by atoms with van der Waals surface area (Å²) in [5.41, 5.74) is 6.18. The van der Waals surface area contributed by atoms with Crippen LogP contribution in [0.5, 0.6) is 5.75 Å². The lowest BCUT2D eigenvalue weighted by Crippen LogP contribution is -2.16. The number of hydrogen-bond acceptors (Lipinski definition) is 5. The van der Waals surface area contributed by atoms with Crippen molar-refractivity contribution in [2.75, 3.05) is 16.6 Å². The van der Waals surface area contributed by atoms with Crippen molar-refractivity contribution >= 4 is 44.8 Å². The molecule has 0 spiro atoms. The number of amides is 2. The summed E-state index contributed by atoms with van der Waals surface area (Å²) in [6.07, 6.45) is 0. The van der Waals surface area contributed by atoms with Crippen molar-refractivity contribution in [3.63, 3.8) is 0 Å². The number of carbonyl (C=O) groups excluding carboxylic acids is 2. The molecule has 0 bridgehead atoms. The van der Waals surface area contributed by atoms with Crippen LogP contribution in [0.25, 0.3) is 0 Å². The van der Waals surface area contributed by atoms with Gasteiger partial charge in [0, 0.05) is 21.8 Å². The molecule has 3 aromatic carbocycles. The summed E-state index contributed by atoms with van der Waals surface area (Å²) in [5.74, 6) is -0.781. The molecule has 0 saturated carbocycles. The number of halogens is 1. The summed E-state index contributed by atoms with van der Waals surface area (Å²) < 4.78 is 33.7. The fraction of sp³-hybridized carbons (Fsp3) is 0.0909. The lowest BCUT2D eigenvalue weighted by Gasteiger charge is -2.14. The van der Waals surface area contributed by atoms with Crippen molar-refractivity contribution in [2.24, 2.45) is 5.73 Å². The predicted octanol–water partition coefficient (Wildman–Crippen LogP) is 3.89. The van der Waals surface area contributed by atoms with Crippen LogP contribution < -0.4 is 20.5 Å². The normalized spacial score (nSPS) is 10.9. The van der Waals surface area contributed by atoms with Gasteiger partial charge in [0.1, 0.15) is 5.75 Å². The van der Waals surface area contributed by atoms with E-state index in [9.17, 15) is 18.0 Å². The molecule has 10 heteroatoms.